The first-order chi connectivity index (χ1) is 10.3. The number of aromatic amines is 1. The van der Waals surface area contributed by atoms with Crippen LogP contribution in [0.3, 0.4) is 0 Å². The monoisotopic (exact) mass is 349 g/mol. The summed E-state index contributed by atoms with van der Waals surface area (Å²) in [4.78, 5) is 8.08. The summed E-state index contributed by atoms with van der Waals surface area (Å²) < 4.78 is 0. The normalized spacial score (nSPS) is 9.78. The second kappa shape index (κ2) is 9.36. The first-order valence-corrected chi connectivity index (χ1v) is 7.19. The van der Waals surface area contributed by atoms with Gasteiger partial charge in [-0.15, -0.1) is 24.8 Å². The van der Waals surface area contributed by atoms with Crippen LogP contribution in [0.5, 0.6) is 0 Å². The predicted molar refractivity (Wildman–Crippen MR) is 99.5 cm³/mol. The number of H-pyrrole nitrogens is 1. The van der Waals surface area contributed by atoms with Crippen molar-refractivity contribution in [2.45, 2.75) is 19.4 Å². The Kier molecular flexibility index (Phi) is 7.83. The highest BCUT2D eigenvalue weighted by Gasteiger charge is 2.10. The molecule has 1 aromatic heterocycles. The van der Waals surface area contributed by atoms with Gasteiger partial charge < -0.3 is 10.7 Å². The highest BCUT2D eigenvalue weighted by atomic mass is 35.5. The molecule has 0 atom stereocenters. The van der Waals surface area contributed by atoms with E-state index >= 15 is 0 Å². The van der Waals surface area contributed by atoms with Crippen molar-refractivity contribution in [2.24, 2.45) is 5.73 Å². The summed E-state index contributed by atoms with van der Waals surface area (Å²) in [6, 6.07) is 20.7. The van der Waals surface area contributed by atoms with E-state index in [-0.39, 0.29) is 24.8 Å². The van der Waals surface area contributed by atoms with Crippen molar-refractivity contribution in [1.29, 1.82) is 0 Å². The number of nitrogens with one attached hydrogen (secondary N) is 1. The van der Waals surface area contributed by atoms with E-state index in [0.717, 1.165) is 30.1 Å². The zero-order valence-electron chi connectivity index (χ0n) is 12.7. The Morgan fingerprint density at radius 1 is 0.783 bits per heavy atom. The zero-order chi connectivity index (χ0) is 14.5. The number of imidazole rings is 1. The highest BCUT2D eigenvalue weighted by molar-refractivity contribution is 5.85. The molecule has 23 heavy (non-hydrogen) atoms. The van der Waals surface area contributed by atoms with Gasteiger partial charge in [-0.3, -0.25) is 0 Å². The molecule has 0 unspecified atom stereocenters. The van der Waals surface area contributed by atoms with Crippen LogP contribution in [0.15, 0.2) is 60.7 Å². The molecule has 0 aliphatic heterocycles. The molecule has 0 aliphatic carbocycles. The maximum absolute atomic E-state index is 5.83. The molecule has 0 saturated carbocycles. The third kappa shape index (κ3) is 5.10. The average molecular weight is 350 g/mol. The number of rotatable bonds is 5. The SMILES string of the molecule is Cl.Cl.NCc1nc(Cc2ccccc2)[nH]c1Cc1ccccc1. The summed E-state index contributed by atoms with van der Waals surface area (Å²) in [7, 11) is 0. The van der Waals surface area contributed by atoms with E-state index in [4.69, 9.17) is 5.73 Å². The third-order valence-corrected chi connectivity index (χ3v) is 3.54. The van der Waals surface area contributed by atoms with E-state index in [1.54, 1.807) is 0 Å². The van der Waals surface area contributed by atoms with E-state index in [1.165, 1.54) is 11.1 Å². The third-order valence-electron chi connectivity index (χ3n) is 3.54. The van der Waals surface area contributed by atoms with Crippen LogP contribution in [0.4, 0.5) is 0 Å². The van der Waals surface area contributed by atoms with Gasteiger partial charge in [-0.1, -0.05) is 60.7 Å². The predicted octanol–water partition coefficient (Wildman–Crippen LogP) is 3.89. The molecule has 3 nitrogen and oxygen atoms in total. The van der Waals surface area contributed by atoms with Crippen LogP contribution in [0.25, 0.3) is 0 Å². The molecule has 3 aromatic rings. The Morgan fingerprint density at radius 2 is 1.30 bits per heavy atom. The van der Waals surface area contributed by atoms with E-state index < -0.39 is 0 Å². The van der Waals surface area contributed by atoms with E-state index in [1.807, 2.05) is 24.3 Å². The summed E-state index contributed by atoms with van der Waals surface area (Å²) in [5.41, 5.74) is 10.4. The summed E-state index contributed by atoms with van der Waals surface area (Å²) >= 11 is 0. The van der Waals surface area contributed by atoms with Gasteiger partial charge in [-0.2, -0.15) is 0 Å². The minimum atomic E-state index is 0. The second-order valence-corrected chi connectivity index (χ2v) is 5.14. The van der Waals surface area contributed by atoms with E-state index in [2.05, 4.69) is 46.4 Å². The van der Waals surface area contributed by atoms with Gasteiger partial charge in [0, 0.05) is 25.1 Å². The van der Waals surface area contributed by atoms with Crippen molar-refractivity contribution in [3.8, 4) is 0 Å². The average Bonchev–Trinajstić information content (AvgIpc) is 2.91. The van der Waals surface area contributed by atoms with Crippen molar-refractivity contribution in [3.63, 3.8) is 0 Å². The molecular formula is C18H21Cl2N3. The largest absolute Gasteiger partial charge is 0.345 e. The number of benzene rings is 2. The lowest BCUT2D eigenvalue weighted by Gasteiger charge is -2.01. The Morgan fingerprint density at radius 3 is 1.83 bits per heavy atom. The maximum Gasteiger partial charge on any atom is 0.111 e. The van der Waals surface area contributed by atoms with Crippen molar-refractivity contribution in [3.05, 3.63) is 89.0 Å². The Hall–Kier alpha value is -1.81. The number of nitrogens with zero attached hydrogens (tertiary/aromatic N) is 1. The molecule has 0 aliphatic rings. The molecule has 5 heteroatoms. The minimum Gasteiger partial charge on any atom is -0.345 e. The van der Waals surface area contributed by atoms with Crippen LogP contribution < -0.4 is 5.73 Å². The van der Waals surface area contributed by atoms with Gasteiger partial charge in [0.25, 0.3) is 0 Å². The van der Waals surface area contributed by atoms with Gasteiger partial charge in [-0.25, -0.2) is 4.98 Å². The molecule has 3 N–H and O–H groups in total. The zero-order valence-corrected chi connectivity index (χ0v) is 14.4. The molecule has 0 amide bonds. The number of nitrogens with two attached hydrogens (primary N) is 1. The summed E-state index contributed by atoms with van der Waals surface area (Å²) in [6.07, 6.45) is 1.65. The van der Waals surface area contributed by atoms with E-state index in [9.17, 15) is 0 Å². The Bertz CT molecular complexity index is 697. The lowest BCUT2D eigenvalue weighted by Crippen LogP contribution is -2.01. The number of aromatic nitrogens is 2. The quantitative estimate of drug-likeness (QED) is 0.733. The summed E-state index contributed by atoms with van der Waals surface area (Å²) in [6.45, 7) is 0.466. The first-order valence-electron chi connectivity index (χ1n) is 7.19. The fraction of sp³-hybridized carbons (Fsp3) is 0.167. The van der Waals surface area contributed by atoms with Crippen LogP contribution in [0, 0.1) is 0 Å². The fourth-order valence-electron chi connectivity index (χ4n) is 2.49. The minimum absolute atomic E-state index is 0. The highest BCUT2D eigenvalue weighted by Crippen LogP contribution is 2.14. The van der Waals surface area contributed by atoms with Gasteiger partial charge >= 0.3 is 0 Å². The van der Waals surface area contributed by atoms with Gasteiger partial charge in [0.1, 0.15) is 5.82 Å². The Labute approximate surface area is 149 Å². The van der Waals surface area contributed by atoms with Crippen LogP contribution in [0.2, 0.25) is 0 Å². The molecule has 1 heterocycles. The standard InChI is InChI=1S/C18H19N3.2ClH/c19-13-17-16(11-14-7-3-1-4-8-14)20-18(21-17)12-15-9-5-2-6-10-15;;/h1-10H,11-13,19H2,(H,20,21);2*1H. The van der Waals surface area contributed by atoms with Gasteiger partial charge in [0.15, 0.2) is 0 Å². The lowest BCUT2D eigenvalue weighted by atomic mass is 10.1. The molecule has 0 radical (unpaired) electrons. The smallest absolute Gasteiger partial charge is 0.111 e. The Balaban J connectivity index is 0.00000132. The van der Waals surface area contributed by atoms with Crippen LogP contribution in [0.1, 0.15) is 28.3 Å². The molecule has 0 bridgehead atoms. The van der Waals surface area contributed by atoms with E-state index in [0.29, 0.717) is 6.54 Å². The maximum atomic E-state index is 5.83. The number of hydrogen-bond acceptors (Lipinski definition) is 2. The van der Waals surface area contributed by atoms with Crippen molar-refractivity contribution in [1.82, 2.24) is 9.97 Å². The molecule has 0 saturated heterocycles. The van der Waals surface area contributed by atoms with Gasteiger partial charge in [0.05, 0.1) is 5.69 Å². The summed E-state index contributed by atoms with van der Waals surface area (Å²) in [5.74, 6) is 0.979. The van der Waals surface area contributed by atoms with Crippen LogP contribution >= 0.6 is 24.8 Å². The van der Waals surface area contributed by atoms with Gasteiger partial charge in [-0.05, 0) is 11.1 Å². The van der Waals surface area contributed by atoms with Crippen LogP contribution in [-0.2, 0) is 19.4 Å². The van der Waals surface area contributed by atoms with Gasteiger partial charge in [0.2, 0.25) is 0 Å². The second-order valence-electron chi connectivity index (χ2n) is 5.14. The lowest BCUT2D eigenvalue weighted by molar-refractivity contribution is 0.958. The van der Waals surface area contributed by atoms with Crippen molar-refractivity contribution >= 4 is 24.8 Å². The van der Waals surface area contributed by atoms with Crippen molar-refractivity contribution < 1.29 is 0 Å². The topological polar surface area (TPSA) is 54.7 Å². The first kappa shape index (κ1) is 19.2. The summed E-state index contributed by atoms with van der Waals surface area (Å²) in [5, 5.41) is 0. The molecule has 2 aromatic carbocycles. The fourth-order valence-corrected chi connectivity index (χ4v) is 2.49. The molecule has 122 valence electrons. The number of hydrogen-bond donors (Lipinski definition) is 2. The molecular weight excluding hydrogens is 329 g/mol. The molecule has 3 rings (SSSR count). The van der Waals surface area contributed by atoms with Crippen molar-refractivity contribution in [2.75, 3.05) is 0 Å². The molecule has 0 fully saturated rings. The number of halogens is 2. The van der Waals surface area contributed by atoms with Crippen LogP contribution in [-0.4, -0.2) is 9.97 Å². The molecule has 0 spiro atoms.